The number of aromatic nitrogens is 3. The second-order valence-electron chi connectivity index (χ2n) is 6.77. The Balaban J connectivity index is 1.95. The Morgan fingerprint density at radius 3 is 2.31 bits per heavy atom. The van der Waals surface area contributed by atoms with E-state index in [-0.39, 0.29) is 34.3 Å². The second-order valence-corrected chi connectivity index (χ2v) is 6.77. The highest BCUT2D eigenvalue weighted by atomic mass is 19.4. The second kappa shape index (κ2) is 8.15. The quantitative estimate of drug-likeness (QED) is 0.343. The van der Waals surface area contributed by atoms with Crippen LogP contribution in [0.15, 0.2) is 48.8 Å². The van der Waals surface area contributed by atoms with E-state index in [1.54, 1.807) is 0 Å². The molecule has 1 N–H and O–H groups in total. The largest absolute Gasteiger partial charge is 0.573 e. The van der Waals surface area contributed by atoms with Crippen LogP contribution in [0.1, 0.15) is 11.3 Å². The SMILES string of the molecule is OCc1c(-c2cnc(F)nc2)c2cc(OC(F)(F)F)ccc2n1Cc1ccc(F)cc1F. The van der Waals surface area contributed by atoms with Crippen LogP contribution in [0, 0.1) is 17.7 Å². The predicted molar refractivity (Wildman–Crippen MR) is 101 cm³/mol. The van der Waals surface area contributed by atoms with Gasteiger partial charge >= 0.3 is 12.4 Å². The number of nitrogens with zero attached hydrogens (tertiary/aromatic N) is 3. The van der Waals surface area contributed by atoms with E-state index in [0.717, 1.165) is 30.6 Å². The molecule has 2 aromatic carbocycles. The molecule has 0 amide bonds. The van der Waals surface area contributed by atoms with Crippen LogP contribution >= 0.6 is 0 Å². The molecule has 0 unspecified atom stereocenters. The maximum Gasteiger partial charge on any atom is 0.573 e. The van der Waals surface area contributed by atoms with Gasteiger partial charge in [0, 0.05) is 46.1 Å². The van der Waals surface area contributed by atoms with Crippen molar-refractivity contribution in [3.05, 3.63) is 77.8 Å². The van der Waals surface area contributed by atoms with Crippen LogP contribution < -0.4 is 4.74 Å². The Hall–Kier alpha value is -3.60. The fourth-order valence-corrected chi connectivity index (χ4v) is 3.51. The highest BCUT2D eigenvalue weighted by molar-refractivity contribution is 5.98. The summed E-state index contributed by atoms with van der Waals surface area (Å²) in [4.78, 5) is 6.91. The first kappa shape index (κ1) is 21.6. The molecule has 2 heterocycles. The van der Waals surface area contributed by atoms with Gasteiger partial charge in [0.1, 0.15) is 17.4 Å². The summed E-state index contributed by atoms with van der Waals surface area (Å²) in [6, 6.07) is 6.46. The van der Waals surface area contributed by atoms with Gasteiger partial charge in [-0.3, -0.25) is 0 Å². The lowest BCUT2D eigenvalue weighted by atomic mass is 10.0. The number of rotatable bonds is 5. The summed E-state index contributed by atoms with van der Waals surface area (Å²) >= 11 is 0. The van der Waals surface area contributed by atoms with Gasteiger partial charge in [0.2, 0.25) is 0 Å². The monoisotopic (exact) mass is 453 g/mol. The van der Waals surface area contributed by atoms with Gasteiger partial charge in [-0.05, 0) is 24.3 Å². The van der Waals surface area contributed by atoms with Crippen molar-refractivity contribution in [1.29, 1.82) is 0 Å². The van der Waals surface area contributed by atoms with Crippen molar-refractivity contribution in [2.75, 3.05) is 0 Å². The Kier molecular flexibility index (Phi) is 5.51. The molecule has 0 aliphatic rings. The van der Waals surface area contributed by atoms with Crippen LogP contribution in [0.3, 0.4) is 0 Å². The van der Waals surface area contributed by atoms with Crippen molar-refractivity contribution in [3.8, 4) is 16.9 Å². The molecule has 0 fully saturated rings. The summed E-state index contributed by atoms with van der Waals surface area (Å²) in [6.07, 6.45) is -3.74. The number of ether oxygens (including phenoxy) is 1. The van der Waals surface area contributed by atoms with Crippen LogP contribution in [-0.4, -0.2) is 26.0 Å². The molecule has 0 bridgehead atoms. The lowest BCUT2D eigenvalue weighted by Gasteiger charge is -2.12. The zero-order chi connectivity index (χ0) is 23.0. The minimum absolute atomic E-state index is 0.0792. The molecule has 4 rings (SSSR count). The van der Waals surface area contributed by atoms with Crippen molar-refractivity contribution in [2.45, 2.75) is 19.5 Å². The number of benzene rings is 2. The molecule has 0 spiro atoms. The number of halogens is 6. The molecule has 0 aliphatic carbocycles. The summed E-state index contributed by atoms with van der Waals surface area (Å²) in [7, 11) is 0. The molecule has 0 saturated carbocycles. The smallest absolute Gasteiger partial charge is 0.406 e. The van der Waals surface area contributed by atoms with Gasteiger partial charge in [-0.2, -0.15) is 4.39 Å². The third-order valence-corrected chi connectivity index (χ3v) is 4.78. The third-order valence-electron chi connectivity index (χ3n) is 4.78. The first-order chi connectivity index (χ1) is 15.2. The number of hydrogen-bond acceptors (Lipinski definition) is 4. The molecular weight excluding hydrogens is 440 g/mol. The van der Waals surface area contributed by atoms with Gasteiger partial charge in [-0.25, -0.2) is 18.7 Å². The lowest BCUT2D eigenvalue weighted by Crippen LogP contribution is -2.17. The summed E-state index contributed by atoms with van der Waals surface area (Å²) in [5.74, 6) is -2.13. The Labute approximate surface area is 176 Å². The standard InChI is InChI=1S/C21H13F6N3O2/c22-13-2-1-11(16(23)5-13)9-30-17-4-3-14(32-21(25,26)27)6-15(17)19(18(30)10-31)12-7-28-20(24)29-8-12/h1-8,31H,9-10H2. The molecule has 0 saturated heterocycles. The van der Waals surface area contributed by atoms with Crippen molar-refractivity contribution >= 4 is 10.9 Å². The summed E-state index contributed by atoms with van der Waals surface area (Å²) in [6.45, 7) is -0.764. The van der Waals surface area contributed by atoms with E-state index in [0.29, 0.717) is 11.6 Å². The molecule has 0 radical (unpaired) electrons. The summed E-state index contributed by atoms with van der Waals surface area (Å²) in [5.41, 5.74) is 1.02. The van der Waals surface area contributed by atoms with Gasteiger partial charge in [0.15, 0.2) is 0 Å². The van der Waals surface area contributed by atoms with E-state index in [1.807, 2.05) is 0 Å². The molecule has 32 heavy (non-hydrogen) atoms. The maximum absolute atomic E-state index is 14.3. The van der Waals surface area contributed by atoms with Crippen LogP contribution in [0.2, 0.25) is 0 Å². The highest BCUT2D eigenvalue weighted by Gasteiger charge is 2.31. The Morgan fingerprint density at radius 2 is 1.69 bits per heavy atom. The van der Waals surface area contributed by atoms with Crippen molar-refractivity contribution in [1.82, 2.24) is 14.5 Å². The van der Waals surface area contributed by atoms with Gasteiger partial charge in [0.05, 0.1) is 18.8 Å². The van der Waals surface area contributed by atoms with E-state index in [9.17, 15) is 31.4 Å². The van der Waals surface area contributed by atoms with Gasteiger partial charge in [-0.15, -0.1) is 13.2 Å². The Bertz CT molecular complexity index is 1290. The molecule has 0 aliphatic heterocycles. The predicted octanol–water partition coefficient (Wildman–Crippen LogP) is 4.95. The van der Waals surface area contributed by atoms with Crippen molar-refractivity contribution in [3.63, 3.8) is 0 Å². The van der Waals surface area contributed by atoms with Crippen LogP contribution in [-0.2, 0) is 13.2 Å². The van der Waals surface area contributed by atoms with Crippen LogP contribution in [0.25, 0.3) is 22.0 Å². The first-order valence-electron chi connectivity index (χ1n) is 9.10. The molecule has 2 aromatic heterocycles. The number of alkyl halides is 3. The molecule has 4 aromatic rings. The van der Waals surface area contributed by atoms with Crippen molar-refractivity contribution in [2.24, 2.45) is 0 Å². The van der Waals surface area contributed by atoms with E-state index in [1.165, 1.54) is 16.7 Å². The molecule has 0 atom stereocenters. The number of hydrogen-bond donors (Lipinski definition) is 1. The highest BCUT2D eigenvalue weighted by Crippen LogP contribution is 2.38. The van der Waals surface area contributed by atoms with Crippen LogP contribution in [0.5, 0.6) is 5.75 Å². The normalized spacial score (nSPS) is 11.8. The van der Waals surface area contributed by atoms with E-state index < -0.39 is 36.4 Å². The number of aliphatic hydroxyl groups excluding tert-OH is 1. The van der Waals surface area contributed by atoms with E-state index in [4.69, 9.17) is 0 Å². The number of fused-ring (bicyclic) bond motifs is 1. The lowest BCUT2D eigenvalue weighted by molar-refractivity contribution is -0.274. The first-order valence-corrected chi connectivity index (χ1v) is 9.10. The average Bonchev–Trinajstić information content (AvgIpc) is 3.02. The van der Waals surface area contributed by atoms with Gasteiger partial charge in [0.25, 0.3) is 0 Å². The minimum atomic E-state index is -4.94. The molecule has 166 valence electrons. The Morgan fingerprint density at radius 1 is 0.969 bits per heavy atom. The fourth-order valence-electron chi connectivity index (χ4n) is 3.51. The average molecular weight is 453 g/mol. The molecule has 11 heteroatoms. The third kappa shape index (κ3) is 4.24. The molecule has 5 nitrogen and oxygen atoms in total. The van der Waals surface area contributed by atoms with Gasteiger partial charge in [-0.1, -0.05) is 6.07 Å². The minimum Gasteiger partial charge on any atom is -0.406 e. The zero-order valence-corrected chi connectivity index (χ0v) is 16.0. The van der Waals surface area contributed by atoms with Gasteiger partial charge < -0.3 is 14.4 Å². The maximum atomic E-state index is 14.3. The summed E-state index contributed by atoms with van der Waals surface area (Å²) in [5, 5.41) is 10.3. The zero-order valence-electron chi connectivity index (χ0n) is 16.0. The van der Waals surface area contributed by atoms with Crippen LogP contribution in [0.4, 0.5) is 26.3 Å². The topological polar surface area (TPSA) is 60.2 Å². The molecular formula is C21H13F6N3O2. The van der Waals surface area contributed by atoms with Crippen molar-refractivity contribution < 1.29 is 36.2 Å². The van der Waals surface area contributed by atoms with E-state index in [2.05, 4.69) is 14.7 Å². The van der Waals surface area contributed by atoms with E-state index >= 15 is 0 Å². The summed E-state index contributed by atoms with van der Waals surface area (Å²) < 4.78 is 84.4. The number of aliphatic hydroxyl groups is 1. The fraction of sp³-hybridized carbons (Fsp3) is 0.143.